The van der Waals surface area contributed by atoms with E-state index in [-0.39, 0.29) is 19.0 Å². The van der Waals surface area contributed by atoms with Crippen molar-refractivity contribution in [3.63, 3.8) is 0 Å². The number of aliphatic hydroxyl groups is 1. The molecule has 1 fully saturated rings. The van der Waals surface area contributed by atoms with Crippen molar-refractivity contribution in [3.8, 4) is 0 Å². The highest BCUT2D eigenvalue weighted by molar-refractivity contribution is 7.98. The molecule has 104 valence electrons. The van der Waals surface area contributed by atoms with Crippen LogP contribution in [0, 0.1) is 0 Å². The molecule has 1 aliphatic heterocycles. The van der Waals surface area contributed by atoms with Gasteiger partial charge in [0, 0.05) is 24.8 Å². The van der Waals surface area contributed by atoms with Crippen LogP contribution in [-0.2, 0) is 4.79 Å². The first-order valence-electron chi connectivity index (χ1n) is 5.96. The molecule has 0 radical (unpaired) electrons. The summed E-state index contributed by atoms with van der Waals surface area (Å²) in [5, 5.41) is 21.3. The molecule has 0 spiro atoms. The van der Waals surface area contributed by atoms with E-state index in [4.69, 9.17) is 5.11 Å². The van der Waals surface area contributed by atoms with Crippen LogP contribution >= 0.6 is 11.8 Å². The zero-order valence-electron chi connectivity index (χ0n) is 10.6. The SMILES string of the molecule is CCC(CSC)NC(=O)N1C[C@H](O)C[C@@H]1C(=O)O. The molecule has 0 aromatic carbocycles. The van der Waals surface area contributed by atoms with Crippen molar-refractivity contribution >= 4 is 23.8 Å². The van der Waals surface area contributed by atoms with Crippen LogP contribution < -0.4 is 5.32 Å². The molecule has 3 atom stereocenters. The molecule has 1 aliphatic rings. The van der Waals surface area contributed by atoms with Crippen molar-refractivity contribution in [1.82, 2.24) is 10.2 Å². The van der Waals surface area contributed by atoms with Gasteiger partial charge in [0.05, 0.1) is 6.10 Å². The number of carbonyl (C=O) groups excluding carboxylic acids is 1. The summed E-state index contributed by atoms with van der Waals surface area (Å²) < 4.78 is 0. The Morgan fingerprint density at radius 3 is 2.72 bits per heavy atom. The number of thioether (sulfide) groups is 1. The molecule has 7 heteroatoms. The summed E-state index contributed by atoms with van der Waals surface area (Å²) in [6.07, 6.45) is 2.09. The second kappa shape index (κ2) is 6.84. The van der Waals surface area contributed by atoms with Crippen molar-refractivity contribution in [1.29, 1.82) is 0 Å². The second-order valence-electron chi connectivity index (χ2n) is 4.41. The number of rotatable bonds is 5. The van der Waals surface area contributed by atoms with Gasteiger partial charge in [0.2, 0.25) is 0 Å². The number of likely N-dealkylation sites (tertiary alicyclic amines) is 1. The molecule has 0 bridgehead atoms. The molecular weight excluding hydrogens is 256 g/mol. The number of urea groups is 1. The zero-order chi connectivity index (χ0) is 13.7. The first-order valence-corrected chi connectivity index (χ1v) is 7.35. The third kappa shape index (κ3) is 3.78. The summed E-state index contributed by atoms with van der Waals surface area (Å²) in [6.45, 7) is 2.05. The minimum Gasteiger partial charge on any atom is -0.480 e. The van der Waals surface area contributed by atoms with Gasteiger partial charge in [-0.1, -0.05) is 6.92 Å². The van der Waals surface area contributed by atoms with E-state index >= 15 is 0 Å². The van der Waals surface area contributed by atoms with Gasteiger partial charge >= 0.3 is 12.0 Å². The van der Waals surface area contributed by atoms with E-state index in [1.54, 1.807) is 11.8 Å². The molecule has 1 rings (SSSR count). The van der Waals surface area contributed by atoms with Crippen molar-refractivity contribution in [2.24, 2.45) is 0 Å². The van der Waals surface area contributed by atoms with Gasteiger partial charge < -0.3 is 20.4 Å². The van der Waals surface area contributed by atoms with Crippen LogP contribution in [0.4, 0.5) is 4.79 Å². The van der Waals surface area contributed by atoms with Crippen LogP contribution in [0.1, 0.15) is 19.8 Å². The summed E-state index contributed by atoms with van der Waals surface area (Å²) in [4.78, 5) is 24.2. The fourth-order valence-corrected chi connectivity index (χ4v) is 2.71. The quantitative estimate of drug-likeness (QED) is 0.674. The maximum atomic E-state index is 12.0. The van der Waals surface area contributed by atoms with E-state index in [9.17, 15) is 14.7 Å². The number of hydrogen-bond acceptors (Lipinski definition) is 4. The van der Waals surface area contributed by atoms with Crippen LogP contribution in [0.3, 0.4) is 0 Å². The van der Waals surface area contributed by atoms with Crippen LogP contribution in [0.15, 0.2) is 0 Å². The molecule has 1 unspecified atom stereocenters. The Kier molecular flexibility index (Phi) is 5.74. The number of β-amino-alcohol motifs (C(OH)–C–C–N with tert-alkyl or cyclic N) is 1. The van der Waals surface area contributed by atoms with Gasteiger partial charge in [-0.2, -0.15) is 11.8 Å². The largest absolute Gasteiger partial charge is 0.480 e. The van der Waals surface area contributed by atoms with Crippen molar-refractivity contribution in [2.75, 3.05) is 18.6 Å². The lowest BCUT2D eigenvalue weighted by Gasteiger charge is -2.25. The predicted octanol–water partition coefficient (Wildman–Crippen LogP) is 0.357. The number of carboxylic acid groups (broad SMARTS) is 1. The summed E-state index contributed by atoms with van der Waals surface area (Å²) in [5.41, 5.74) is 0. The third-order valence-electron chi connectivity index (χ3n) is 3.01. The number of aliphatic carboxylic acids is 1. The van der Waals surface area contributed by atoms with Gasteiger partial charge in [0.1, 0.15) is 6.04 Å². The lowest BCUT2D eigenvalue weighted by atomic mass is 10.2. The maximum absolute atomic E-state index is 12.0. The minimum absolute atomic E-state index is 0.0275. The number of carbonyl (C=O) groups is 2. The number of nitrogens with one attached hydrogen (secondary N) is 1. The van der Waals surface area contributed by atoms with E-state index in [1.165, 1.54) is 4.90 Å². The Morgan fingerprint density at radius 1 is 1.56 bits per heavy atom. The number of hydrogen-bond donors (Lipinski definition) is 3. The normalized spacial score (nSPS) is 24.9. The van der Waals surface area contributed by atoms with E-state index < -0.39 is 24.1 Å². The lowest BCUT2D eigenvalue weighted by Crippen LogP contribution is -2.49. The van der Waals surface area contributed by atoms with E-state index in [1.807, 2.05) is 13.2 Å². The van der Waals surface area contributed by atoms with E-state index in [2.05, 4.69) is 5.32 Å². The van der Waals surface area contributed by atoms with Crippen molar-refractivity contribution in [2.45, 2.75) is 38.0 Å². The lowest BCUT2D eigenvalue weighted by molar-refractivity contribution is -0.141. The molecule has 18 heavy (non-hydrogen) atoms. The summed E-state index contributed by atoms with van der Waals surface area (Å²) in [6, 6.07) is -1.30. The summed E-state index contributed by atoms with van der Waals surface area (Å²) >= 11 is 1.63. The Balaban J connectivity index is 2.61. The molecule has 0 saturated carbocycles. The van der Waals surface area contributed by atoms with Crippen molar-refractivity contribution in [3.05, 3.63) is 0 Å². The van der Waals surface area contributed by atoms with E-state index in [0.717, 1.165) is 12.2 Å². The predicted molar refractivity (Wildman–Crippen MR) is 69.7 cm³/mol. The topological polar surface area (TPSA) is 89.9 Å². The molecule has 2 amide bonds. The number of aliphatic hydroxyl groups excluding tert-OH is 1. The Labute approximate surface area is 111 Å². The number of nitrogens with zero attached hydrogens (tertiary/aromatic N) is 1. The summed E-state index contributed by atoms with van der Waals surface area (Å²) in [5.74, 6) is -0.282. The molecule has 0 aromatic rings. The average molecular weight is 276 g/mol. The van der Waals surface area contributed by atoms with Crippen LogP contribution in [0.5, 0.6) is 0 Å². The van der Waals surface area contributed by atoms with Gasteiger partial charge in [-0.25, -0.2) is 9.59 Å². The molecule has 1 saturated heterocycles. The first-order chi connectivity index (χ1) is 8.49. The highest BCUT2D eigenvalue weighted by atomic mass is 32.2. The Hall–Kier alpha value is -0.950. The highest BCUT2D eigenvalue weighted by Crippen LogP contribution is 2.18. The fraction of sp³-hybridized carbons (Fsp3) is 0.818. The third-order valence-corrected chi connectivity index (χ3v) is 3.75. The highest BCUT2D eigenvalue weighted by Gasteiger charge is 2.39. The van der Waals surface area contributed by atoms with Gasteiger partial charge in [-0.05, 0) is 12.7 Å². The van der Waals surface area contributed by atoms with E-state index in [0.29, 0.717) is 0 Å². The molecular formula is C11H20N2O4S. The van der Waals surface area contributed by atoms with Gasteiger partial charge in [-0.3, -0.25) is 0 Å². The standard InChI is InChI=1S/C11H20N2O4S/c1-3-7(6-18-2)12-11(17)13-5-8(14)4-9(13)10(15)16/h7-9,14H,3-6H2,1-2H3,(H,12,17)(H,15,16)/t7?,8-,9-/m1/s1. The average Bonchev–Trinajstić information content (AvgIpc) is 2.71. The molecule has 1 heterocycles. The Bertz CT molecular complexity index is 313. The van der Waals surface area contributed by atoms with Crippen molar-refractivity contribution < 1.29 is 19.8 Å². The maximum Gasteiger partial charge on any atom is 0.326 e. The molecule has 0 aromatic heterocycles. The van der Waals surface area contributed by atoms with Crippen LogP contribution in [-0.4, -0.2) is 63.9 Å². The monoisotopic (exact) mass is 276 g/mol. The molecule has 0 aliphatic carbocycles. The number of carboxylic acids is 1. The Morgan fingerprint density at radius 2 is 2.22 bits per heavy atom. The smallest absolute Gasteiger partial charge is 0.326 e. The van der Waals surface area contributed by atoms with Crippen LogP contribution in [0.2, 0.25) is 0 Å². The van der Waals surface area contributed by atoms with Gasteiger partial charge in [0.15, 0.2) is 0 Å². The van der Waals surface area contributed by atoms with Gasteiger partial charge in [0.25, 0.3) is 0 Å². The molecule has 3 N–H and O–H groups in total. The first kappa shape index (κ1) is 15.1. The minimum atomic E-state index is -1.07. The van der Waals surface area contributed by atoms with Crippen LogP contribution in [0.25, 0.3) is 0 Å². The fourth-order valence-electron chi connectivity index (χ4n) is 1.99. The zero-order valence-corrected chi connectivity index (χ0v) is 11.4. The summed E-state index contributed by atoms with van der Waals surface area (Å²) in [7, 11) is 0. The molecule has 6 nitrogen and oxygen atoms in total. The number of amides is 2. The van der Waals surface area contributed by atoms with Gasteiger partial charge in [-0.15, -0.1) is 0 Å². The second-order valence-corrected chi connectivity index (χ2v) is 5.32.